The van der Waals surface area contributed by atoms with E-state index in [-0.39, 0.29) is 0 Å². The fraction of sp³-hybridized carbons (Fsp3) is 0. The Labute approximate surface area is 309 Å². The lowest BCUT2D eigenvalue weighted by atomic mass is 10.0. The van der Waals surface area contributed by atoms with Crippen molar-refractivity contribution in [3.8, 4) is 39.9 Å². The Hall–Kier alpha value is -7.37. The van der Waals surface area contributed by atoms with Crippen LogP contribution in [0.3, 0.4) is 0 Å². The number of hydrogen-bond acceptors (Lipinski definition) is 3. The van der Waals surface area contributed by atoms with Crippen LogP contribution in [0.1, 0.15) is 0 Å². The molecule has 0 amide bonds. The fourth-order valence-electron chi connectivity index (χ4n) is 8.70. The third-order valence-electron chi connectivity index (χ3n) is 11.0. The summed E-state index contributed by atoms with van der Waals surface area (Å²) in [6.45, 7) is 0. The van der Waals surface area contributed by atoms with Gasteiger partial charge in [0.1, 0.15) is 0 Å². The fourth-order valence-corrected chi connectivity index (χ4v) is 8.70. The number of aromatic nitrogens is 5. The van der Waals surface area contributed by atoms with Crippen LogP contribution in [0.2, 0.25) is 0 Å². The van der Waals surface area contributed by atoms with Crippen molar-refractivity contribution in [3.63, 3.8) is 0 Å². The van der Waals surface area contributed by atoms with Gasteiger partial charge in [-0.15, -0.1) is 0 Å². The second-order valence-electron chi connectivity index (χ2n) is 14.0. The molecule has 0 atom stereocenters. The van der Waals surface area contributed by atoms with Gasteiger partial charge in [-0.05, 0) is 58.6 Å². The minimum atomic E-state index is 0.635. The van der Waals surface area contributed by atoms with Crippen LogP contribution in [-0.4, -0.2) is 23.9 Å². The number of nitrogens with zero attached hydrogens (tertiary/aromatic N) is 5. The Morgan fingerprint density at radius 3 is 1.67 bits per heavy atom. The van der Waals surface area contributed by atoms with Gasteiger partial charge in [-0.2, -0.15) is 0 Å². The summed E-state index contributed by atoms with van der Waals surface area (Å²) in [7, 11) is 0. The lowest BCUT2D eigenvalue weighted by Gasteiger charge is -2.12. The van der Waals surface area contributed by atoms with Gasteiger partial charge < -0.3 is 8.97 Å². The zero-order valence-corrected chi connectivity index (χ0v) is 29.0. The molecular formula is C49H29N5. The molecule has 250 valence electrons. The van der Waals surface area contributed by atoms with E-state index in [9.17, 15) is 0 Å². The van der Waals surface area contributed by atoms with E-state index in [4.69, 9.17) is 15.0 Å². The Morgan fingerprint density at radius 2 is 0.907 bits per heavy atom. The molecule has 12 rings (SSSR count). The summed E-state index contributed by atoms with van der Waals surface area (Å²) in [5, 5.41) is 9.99. The zero-order chi connectivity index (χ0) is 35.3. The summed E-state index contributed by atoms with van der Waals surface area (Å²) in [4.78, 5) is 15.1. The van der Waals surface area contributed by atoms with Crippen LogP contribution in [-0.2, 0) is 0 Å². The average molecular weight is 688 g/mol. The molecule has 0 aliphatic heterocycles. The largest absolute Gasteiger partial charge is 0.309 e. The van der Waals surface area contributed by atoms with Crippen LogP contribution in [0.5, 0.6) is 0 Å². The van der Waals surface area contributed by atoms with E-state index in [2.05, 4.69) is 124 Å². The molecule has 0 unspecified atom stereocenters. The standard InChI is InChI=1S/C49H29N5/c1-3-13-30(14-4-1)47-50-48(31-15-5-2-6-16-31)52-49(51-47)34-19-11-20-35(27-34)53-41-24-12-22-37-39-28-32-17-7-8-18-33(32)29-43(39)54-40-23-10-9-21-36(40)38-25-26-42(53)45(44(37)41)46(38)54/h1-29H. The van der Waals surface area contributed by atoms with Crippen LogP contribution in [0, 0.1) is 0 Å². The molecule has 0 fully saturated rings. The van der Waals surface area contributed by atoms with Crippen molar-refractivity contribution in [1.82, 2.24) is 23.9 Å². The molecule has 8 aromatic carbocycles. The molecule has 54 heavy (non-hydrogen) atoms. The van der Waals surface area contributed by atoms with Crippen molar-refractivity contribution < 1.29 is 0 Å². The van der Waals surface area contributed by atoms with Crippen LogP contribution < -0.4 is 0 Å². The first-order valence-electron chi connectivity index (χ1n) is 18.3. The predicted octanol–water partition coefficient (Wildman–Crippen LogP) is 12.3. The Bertz CT molecular complexity index is 3370. The molecule has 0 spiro atoms. The molecule has 0 aliphatic carbocycles. The van der Waals surface area contributed by atoms with Crippen LogP contribution in [0.25, 0.3) is 111 Å². The lowest BCUT2D eigenvalue weighted by molar-refractivity contribution is 1.07. The smallest absolute Gasteiger partial charge is 0.164 e. The minimum absolute atomic E-state index is 0.635. The summed E-state index contributed by atoms with van der Waals surface area (Å²) >= 11 is 0. The van der Waals surface area contributed by atoms with Crippen molar-refractivity contribution >= 4 is 70.7 Å². The van der Waals surface area contributed by atoms with Gasteiger partial charge in [-0.1, -0.05) is 133 Å². The Balaban J connectivity index is 1.17. The van der Waals surface area contributed by atoms with Gasteiger partial charge in [0.05, 0.1) is 27.6 Å². The van der Waals surface area contributed by atoms with E-state index >= 15 is 0 Å². The summed E-state index contributed by atoms with van der Waals surface area (Å²) in [5.41, 5.74) is 9.87. The van der Waals surface area contributed by atoms with E-state index in [0.29, 0.717) is 17.5 Å². The molecule has 5 nitrogen and oxygen atoms in total. The maximum atomic E-state index is 5.06. The lowest BCUT2D eigenvalue weighted by Crippen LogP contribution is -2.01. The van der Waals surface area contributed by atoms with E-state index in [1.165, 1.54) is 59.6 Å². The van der Waals surface area contributed by atoms with E-state index < -0.39 is 0 Å². The van der Waals surface area contributed by atoms with Crippen molar-refractivity contribution in [2.75, 3.05) is 0 Å². The number of benzene rings is 8. The maximum Gasteiger partial charge on any atom is 0.164 e. The second kappa shape index (κ2) is 11.1. The van der Waals surface area contributed by atoms with Crippen molar-refractivity contribution in [1.29, 1.82) is 0 Å². The molecule has 0 N–H and O–H groups in total. The molecule has 0 bridgehead atoms. The van der Waals surface area contributed by atoms with Crippen molar-refractivity contribution in [2.24, 2.45) is 0 Å². The Morgan fingerprint density at radius 1 is 0.333 bits per heavy atom. The molecule has 0 aliphatic rings. The highest BCUT2D eigenvalue weighted by Gasteiger charge is 2.23. The monoisotopic (exact) mass is 687 g/mol. The van der Waals surface area contributed by atoms with Gasteiger partial charge in [0, 0.05) is 49.3 Å². The molecule has 4 aromatic heterocycles. The average Bonchev–Trinajstić information content (AvgIpc) is 3.73. The molecule has 0 saturated heterocycles. The number of para-hydroxylation sites is 1. The number of fused-ring (bicyclic) bond motifs is 7. The highest BCUT2D eigenvalue weighted by Crippen LogP contribution is 2.46. The summed E-state index contributed by atoms with van der Waals surface area (Å²) < 4.78 is 4.93. The normalized spacial score (nSPS) is 12.1. The predicted molar refractivity (Wildman–Crippen MR) is 223 cm³/mol. The molecule has 0 radical (unpaired) electrons. The van der Waals surface area contributed by atoms with Gasteiger partial charge >= 0.3 is 0 Å². The first-order valence-corrected chi connectivity index (χ1v) is 18.3. The second-order valence-corrected chi connectivity index (χ2v) is 14.0. The molecular weight excluding hydrogens is 659 g/mol. The van der Waals surface area contributed by atoms with Gasteiger partial charge in [-0.25, -0.2) is 15.0 Å². The molecule has 12 aromatic rings. The first kappa shape index (κ1) is 29.2. The molecule has 5 heteroatoms. The third-order valence-corrected chi connectivity index (χ3v) is 11.0. The van der Waals surface area contributed by atoms with Crippen LogP contribution in [0.4, 0.5) is 0 Å². The molecule has 4 heterocycles. The Kier molecular flexibility index (Phi) is 5.99. The third kappa shape index (κ3) is 4.12. The highest BCUT2D eigenvalue weighted by atomic mass is 15.0. The van der Waals surface area contributed by atoms with Crippen LogP contribution >= 0.6 is 0 Å². The first-order chi connectivity index (χ1) is 26.8. The van der Waals surface area contributed by atoms with E-state index in [1.54, 1.807) is 0 Å². The summed E-state index contributed by atoms with van der Waals surface area (Å²) in [5.74, 6) is 1.93. The highest BCUT2D eigenvalue weighted by molar-refractivity contribution is 6.33. The van der Waals surface area contributed by atoms with Crippen molar-refractivity contribution in [2.45, 2.75) is 0 Å². The minimum Gasteiger partial charge on any atom is -0.309 e. The quantitative estimate of drug-likeness (QED) is 0.185. The maximum absolute atomic E-state index is 5.06. The SMILES string of the molecule is c1ccc(-c2nc(-c3ccccc3)nc(-c3cccc(-n4c5cccc6c7cc8ccccc8cc7n7c8ccccc8c8ccc4c(c65)c87)c3)n2)cc1. The summed E-state index contributed by atoms with van der Waals surface area (Å²) in [6.07, 6.45) is 0. The molecule has 0 saturated carbocycles. The van der Waals surface area contributed by atoms with Crippen molar-refractivity contribution in [3.05, 3.63) is 176 Å². The van der Waals surface area contributed by atoms with Gasteiger partial charge in [0.25, 0.3) is 0 Å². The van der Waals surface area contributed by atoms with Gasteiger partial charge in [0.2, 0.25) is 0 Å². The topological polar surface area (TPSA) is 48.0 Å². The van der Waals surface area contributed by atoms with Gasteiger partial charge in [-0.3, -0.25) is 0 Å². The number of hydrogen-bond donors (Lipinski definition) is 0. The van der Waals surface area contributed by atoms with Crippen LogP contribution in [0.15, 0.2) is 176 Å². The van der Waals surface area contributed by atoms with E-state index in [1.807, 2.05) is 60.7 Å². The van der Waals surface area contributed by atoms with E-state index in [0.717, 1.165) is 33.4 Å². The zero-order valence-electron chi connectivity index (χ0n) is 29.0. The summed E-state index contributed by atoms with van der Waals surface area (Å²) in [6, 6.07) is 62.6. The van der Waals surface area contributed by atoms with Gasteiger partial charge in [0.15, 0.2) is 17.5 Å². The number of rotatable bonds is 4.